The van der Waals surface area contributed by atoms with E-state index in [0.29, 0.717) is 41.6 Å². The summed E-state index contributed by atoms with van der Waals surface area (Å²) >= 11 is -2.92. The number of carbonyl (C=O) groups is 1. The molecule has 0 saturated heterocycles. The Balaban J connectivity index is -0.0000000668. The third-order valence-electron chi connectivity index (χ3n) is 7.82. The molecule has 0 rings (SSSR count). The van der Waals surface area contributed by atoms with Gasteiger partial charge in [0.25, 0.3) is 37.8 Å². The molecular formula is C36H69F24N4O25Rb3S9. The molecule has 101 heavy (non-hydrogen) atoms. The van der Waals surface area contributed by atoms with Crippen molar-refractivity contribution in [3.05, 3.63) is 4.72 Å². The SMILES string of the molecule is C.C.C.C.C.C.CC(=O)N(C)S(=O)(=O)C(F)(F)CC(F)(F)SOOO.CC(F)(F)CC(F)(F)S(=O)(=O)[O-].CN(C)S(=O)(=O)C(F)(F)CC(F)(F)SOOO.CN([C-]=O)S(=O)(=O)C(F)(F)CC(C)(F)F.COS(=O)(=O)C(F)(F)CC(F)(F)SOOO.C[N-]S(=O)(=O)C(F)(F)CC(C)(F)F.[Rb+].[Rb+].[Rb+]. The van der Waals surface area contributed by atoms with Crippen molar-refractivity contribution >= 4 is 109 Å². The Morgan fingerprint density at radius 3 is 0.881 bits per heavy atom. The molecule has 29 nitrogen and oxygen atoms in total. The van der Waals surface area contributed by atoms with E-state index in [9.17, 15) is 170 Å². The molecule has 0 bridgehead atoms. The van der Waals surface area contributed by atoms with E-state index in [-0.39, 0.29) is 249 Å². The van der Waals surface area contributed by atoms with Gasteiger partial charge in [-0.15, -0.1) is 19.4 Å². The van der Waals surface area contributed by atoms with Crippen molar-refractivity contribution in [1.82, 2.24) is 12.9 Å². The first-order chi connectivity index (χ1) is 39.8. The second kappa shape index (κ2) is 53.8. The molecule has 0 saturated carbocycles. The molecule has 608 valence electrons. The number of rotatable bonds is 33. The van der Waals surface area contributed by atoms with Gasteiger partial charge in [-0.1, -0.05) is 59.7 Å². The van der Waals surface area contributed by atoms with E-state index in [0.717, 1.165) is 14.1 Å². The van der Waals surface area contributed by atoms with Crippen molar-refractivity contribution in [2.45, 2.75) is 176 Å². The van der Waals surface area contributed by atoms with E-state index < -0.39 is 210 Å². The van der Waals surface area contributed by atoms with Crippen molar-refractivity contribution in [1.29, 1.82) is 0 Å². The Morgan fingerprint density at radius 2 is 0.683 bits per heavy atom. The summed E-state index contributed by atoms with van der Waals surface area (Å²) in [5.41, 5.74) is 0. The first-order valence-corrected chi connectivity index (χ1v) is 31.5. The summed E-state index contributed by atoms with van der Waals surface area (Å²) in [5.74, 6) is -12.8. The van der Waals surface area contributed by atoms with Crippen LogP contribution in [0, 0.1) is 0 Å². The number of sulfonamides is 4. The van der Waals surface area contributed by atoms with Gasteiger partial charge in [0.05, 0.1) is 26.4 Å². The first kappa shape index (κ1) is 139. The Hall–Kier alpha value is 2.91. The number of nitrogens with zero attached hydrogens (tertiary/aromatic N) is 4. The molecule has 0 aromatic heterocycles. The topological polar surface area (TPSA) is 411 Å². The maximum Gasteiger partial charge on any atom is 1.00 e. The standard InChI is InChI=1S/C6H9F4NO6S2.C6H8F4NO3S.C5H9F4NO5S2.C5H8F4NO2S.C4H6F4O6S2.C4H6F4O3S.6CH4.3Rb/c1-4(12)11(2)19(14,15)6(9,10)3-5(7,8)18-17-16-13;1-5(7,8)3-6(9,10)15(13,14)11(2)4-12;1-10(2)17(12,13)5(8,9)3-4(6,7)16-15-14-11;1-4(6,7)3-5(8,9)13(11,12)10-2;1-12-16(10,11)4(7,8)2-3(5,6)15-14-13-9;1-3(5,6)2-4(7,8)12(9,10)11;;;;;;;;;/h13H,3H2,1-2H3;3H2,1-2H3;11H,3H2,1-2H3;3H2,1-2H3;9H,2H2,1H3;2H2,1H3,(H,9,10,11);6*1H4;;;/q;-1;;-1;;;;;;;;;3*+1/p-1. The molecule has 0 heterocycles. The minimum absolute atomic E-state index is 0. The summed E-state index contributed by atoms with van der Waals surface area (Å²) in [6.07, 6.45) is -13.1. The Kier molecular flexibility index (Phi) is 74.2. The zero-order chi connectivity index (χ0) is 76.0. The third kappa shape index (κ3) is 55.1. The number of amides is 2. The third-order valence-corrected chi connectivity index (χ3v) is 18.4. The Bertz CT molecular complexity index is 2990. The summed E-state index contributed by atoms with van der Waals surface area (Å²) in [4.78, 5) is 20.6. The van der Waals surface area contributed by atoms with Crippen LogP contribution >= 0.6 is 36.1 Å². The van der Waals surface area contributed by atoms with Crippen molar-refractivity contribution in [3.8, 4) is 0 Å². The van der Waals surface area contributed by atoms with Gasteiger partial charge in [-0.3, -0.25) is 8.98 Å². The van der Waals surface area contributed by atoms with Crippen LogP contribution in [-0.2, 0) is 102 Å². The maximum atomic E-state index is 13.3. The first-order valence-electron chi connectivity index (χ1n) is 20.7. The largest absolute Gasteiger partial charge is 1.00 e. The van der Waals surface area contributed by atoms with E-state index in [1.807, 2.05) is 0 Å². The van der Waals surface area contributed by atoms with E-state index in [4.69, 9.17) is 15.8 Å². The number of carbonyl (C=O) groups excluding carboxylic acids is 2. The number of hydrogen-bond acceptors (Lipinski definition) is 28. The molecule has 2 amide bonds. The number of halogens is 24. The fourth-order valence-corrected chi connectivity index (χ4v) is 9.82. The molecule has 0 unspecified atom stereocenters. The molecule has 0 spiro atoms. The van der Waals surface area contributed by atoms with Crippen LogP contribution in [0.25, 0.3) is 4.72 Å². The van der Waals surface area contributed by atoms with Gasteiger partial charge in [0.2, 0.25) is 5.91 Å². The van der Waals surface area contributed by atoms with Crippen LogP contribution in [-0.4, -0.2) is 203 Å². The molecule has 0 aromatic rings. The van der Waals surface area contributed by atoms with Crippen molar-refractivity contribution in [2.24, 2.45) is 0 Å². The number of hydrogen-bond donors (Lipinski definition) is 3. The van der Waals surface area contributed by atoms with Crippen LogP contribution in [0.4, 0.5) is 105 Å². The fraction of sp³-hybridized carbons (Fsp3) is 0.944. The molecule has 0 aromatic carbocycles. The second-order valence-electron chi connectivity index (χ2n) is 16.3. The average molecular weight is 1960 g/mol. The molecule has 3 N–H and O–H groups in total. The molecule has 0 radical (unpaired) electrons. The summed E-state index contributed by atoms with van der Waals surface area (Å²) < 4.78 is 454. The quantitative estimate of drug-likeness (QED) is 0.0124. The summed E-state index contributed by atoms with van der Waals surface area (Å²) in [5, 5.41) is -10.5. The van der Waals surface area contributed by atoms with E-state index in [1.54, 1.807) is 0 Å². The van der Waals surface area contributed by atoms with Gasteiger partial charge in [0, 0.05) is 28.1 Å². The van der Waals surface area contributed by atoms with Crippen molar-refractivity contribution < 1.29 is 393 Å². The van der Waals surface area contributed by atoms with Crippen LogP contribution < -0.4 is 175 Å². The van der Waals surface area contributed by atoms with Gasteiger partial charge in [-0.2, -0.15) is 103 Å². The minimum Gasteiger partial charge on any atom is -0.743 e. The second-order valence-corrected chi connectivity index (χ2v) is 30.7. The van der Waals surface area contributed by atoms with Crippen LogP contribution in [0.5, 0.6) is 0 Å². The van der Waals surface area contributed by atoms with Crippen LogP contribution in [0.2, 0.25) is 0 Å². The smallest absolute Gasteiger partial charge is 0.743 e. The molecule has 0 aliphatic carbocycles. The summed E-state index contributed by atoms with van der Waals surface area (Å²) in [7, 11) is -29.2. The predicted octanol–water partition coefficient (Wildman–Crippen LogP) is 3.48. The van der Waals surface area contributed by atoms with Crippen molar-refractivity contribution in [2.75, 3.05) is 42.3 Å². The molecule has 65 heteroatoms. The zero-order valence-electron chi connectivity index (χ0n) is 49.1. The van der Waals surface area contributed by atoms with E-state index >= 15 is 0 Å². The predicted molar refractivity (Wildman–Crippen MR) is 298 cm³/mol. The minimum atomic E-state index is -6.00. The summed E-state index contributed by atoms with van der Waals surface area (Å²) in [6, 6.07) is 0. The van der Waals surface area contributed by atoms with Crippen LogP contribution in [0.15, 0.2) is 0 Å². The molecule has 0 fully saturated rings. The molecule has 0 aliphatic rings. The zero-order valence-corrected chi connectivity index (χ0v) is 71.2. The van der Waals surface area contributed by atoms with E-state index in [2.05, 4.69) is 37.0 Å². The summed E-state index contributed by atoms with van der Waals surface area (Å²) in [6.45, 7) is 1.14. The fourth-order valence-electron chi connectivity index (χ4n) is 3.77. The maximum absolute atomic E-state index is 13.3. The Morgan fingerprint density at radius 1 is 0.446 bits per heavy atom. The van der Waals surface area contributed by atoms with Gasteiger partial charge in [-0.25, -0.2) is 84.4 Å². The average Bonchev–Trinajstić information content (AvgIpc) is 0.811. The van der Waals surface area contributed by atoms with Crippen molar-refractivity contribution in [3.63, 3.8) is 0 Å². The van der Waals surface area contributed by atoms with Crippen LogP contribution in [0.1, 0.15) is 111 Å². The van der Waals surface area contributed by atoms with Gasteiger partial charge in [-0.05, 0) is 27.8 Å². The number of alkyl halides is 24. The molecular weight excluding hydrogens is 1890 g/mol. The van der Waals surface area contributed by atoms with Gasteiger partial charge in [0.15, 0.2) is 10.1 Å². The van der Waals surface area contributed by atoms with Gasteiger partial charge >= 0.3 is 242 Å². The molecule has 0 aliphatic heterocycles. The monoisotopic (exact) mass is 1960 g/mol. The van der Waals surface area contributed by atoms with Crippen LogP contribution in [0.3, 0.4) is 0 Å². The van der Waals surface area contributed by atoms with Gasteiger partial charge < -0.3 is 18.4 Å². The normalized spacial score (nSPS) is 12.9. The Labute approximate surface area is 726 Å². The van der Waals surface area contributed by atoms with E-state index in [1.165, 1.54) is 0 Å². The van der Waals surface area contributed by atoms with Gasteiger partial charge in [0.1, 0.15) is 65.4 Å². The molecule has 0 atom stereocenters.